The van der Waals surface area contributed by atoms with Gasteiger partial charge in [0.15, 0.2) is 0 Å². The van der Waals surface area contributed by atoms with E-state index in [1.54, 1.807) is 24.3 Å². The lowest BCUT2D eigenvalue weighted by Crippen LogP contribution is -2.14. The Morgan fingerprint density at radius 3 is 2.48 bits per heavy atom. The van der Waals surface area contributed by atoms with E-state index in [-0.39, 0.29) is 12.2 Å². The molecule has 0 aliphatic rings. The summed E-state index contributed by atoms with van der Waals surface area (Å²) in [5, 5.41) is 0. The fraction of sp³-hybridized carbons (Fsp3) is 0.133. The van der Waals surface area contributed by atoms with Gasteiger partial charge in [0.05, 0.1) is 12.0 Å². The van der Waals surface area contributed by atoms with Gasteiger partial charge in [0.1, 0.15) is 11.5 Å². The van der Waals surface area contributed by atoms with Crippen molar-refractivity contribution in [1.29, 1.82) is 0 Å². The monoisotopic (exact) mass is 295 g/mol. The standard InChI is InChI=1S/C15H12F3NO2/c16-15(17,18)11-5-3-6-12(9-11)21-13-7-2-1-4-10(13)8-14(19)20/h1-7,9H,8H2,(H2,19,20). The number of para-hydroxylation sites is 1. The number of alkyl halides is 3. The molecule has 2 N–H and O–H groups in total. The highest BCUT2D eigenvalue weighted by molar-refractivity contribution is 5.77. The number of ether oxygens (including phenoxy) is 1. The molecule has 0 radical (unpaired) electrons. The number of carbonyl (C=O) groups excluding carboxylic acids is 1. The topological polar surface area (TPSA) is 52.3 Å². The van der Waals surface area contributed by atoms with Crippen molar-refractivity contribution in [1.82, 2.24) is 0 Å². The van der Waals surface area contributed by atoms with Gasteiger partial charge < -0.3 is 10.5 Å². The Labute approximate surface area is 119 Å². The Balaban J connectivity index is 2.28. The summed E-state index contributed by atoms with van der Waals surface area (Å²) in [6.07, 6.45) is -4.48. The molecular formula is C15H12F3NO2. The summed E-state index contributed by atoms with van der Waals surface area (Å²) in [7, 11) is 0. The fourth-order valence-corrected chi connectivity index (χ4v) is 1.80. The second kappa shape index (κ2) is 5.87. The lowest BCUT2D eigenvalue weighted by molar-refractivity contribution is -0.137. The minimum absolute atomic E-state index is 0.0433. The number of hydrogen-bond acceptors (Lipinski definition) is 2. The van der Waals surface area contributed by atoms with Gasteiger partial charge in [-0.3, -0.25) is 4.79 Å². The lowest BCUT2D eigenvalue weighted by atomic mass is 10.1. The molecular weight excluding hydrogens is 283 g/mol. The molecule has 0 unspecified atom stereocenters. The van der Waals surface area contributed by atoms with Gasteiger partial charge in [-0.25, -0.2) is 0 Å². The quantitative estimate of drug-likeness (QED) is 0.938. The van der Waals surface area contributed by atoms with E-state index in [1.807, 2.05) is 0 Å². The summed E-state index contributed by atoms with van der Waals surface area (Å²) < 4.78 is 43.4. The molecule has 0 aliphatic heterocycles. The fourth-order valence-electron chi connectivity index (χ4n) is 1.80. The summed E-state index contributed by atoms with van der Waals surface area (Å²) in [6, 6.07) is 11.1. The number of amides is 1. The maximum atomic E-state index is 12.6. The maximum absolute atomic E-state index is 12.6. The Morgan fingerprint density at radius 1 is 1.10 bits per heavy atom. The summed E-state index contributed by atoms with van der Waals surface area (Å²) >= 11 is 0. The van der Waals surface area contributed by atoms with Crippen molar-refractivity contribution in [3.8, 4) is 11.5 Å². The second-order valence-electron chi connectivity index (χ2n) is 4.38. The van der Waals surface area contributed by atoms with Crippen molar-refractivity contribution in [3.63, 3.8) is 0 Å². The van der Waals surface area contributed by atoms with Crippen LogP contribution in [0.15, 0.2) is 48.5 Å². The van der Waals surface area contributed by atoms with Crippen LogP contribution in [0.3, 0.4) is 0 Å². The maximum Gasteiger partial charge on any atom is 0.416 e. The van der Waals surface area contributed by atoms with Gasteiger partial charge in [0, 0.05) is 5.56 Å². The van der Waals surface area contributed by atoms with Crippen LogP contribution in [0.4, 0.5) is 13.2 Å². The third-order valence-corrected chi connectivity index (χ3v) is 2.73. The molecule has 0 saturated heterocycles. The van der Waals surface area contributed by atoms with Crippen LogP contribution in [0.1, 0.15) is 11.1 Å². The van der Waals surface area contributed by atoms with E-state index >= 15 is 0 Å². The van der Waals surface area contributed by atoms with Gasteiger partial charge in [-0.05, 0) is 24.3 Å². The highest BCUT2D eigenvalue weighted by Gasteiger charge is 2.30. The van der Waals surface area contributed by atoms with E-state index < -0.39 is 17.6 Å². The van der Waals surface area contributed by atoms with Gasteiger partial charge in [0.2, 0.25) is 5.91 Å². The van der Waals surface area contributed by atoms with Crippen molar-refractivity contribution in [2.45, 2.75) is 12.6 Å². The van der Waals surface area contributed by atoms with Gasteiger partial charge in [-0.15, -0.1) is 0 Å². The van der Waals surface area contributed by atoms with Crippen LogP contribution in [0, 0.1) is 0 Å². The number of halogens is 3. The first-order valence-corrected chi connectivity index (χ1v) is 6.07. The molecule has 110 valence electrons. The van der Waals surface area contributed by atoms with Crippen LogP contribution in [0.5, 0.6) is 11.5 Å². The smallest absolute Gasteiger partial charge is 0.416 e. The van der Waals surface area contributed by atoms with Crippen molar-refractivity contribution in [3.05, 3.63) is 59.7 Å². The molecule has 0 spiro atoms. The largest absolute Gasteiger partial charge is 0.457 e. The Bertz CT molecular complexity index is 653. The molecule has 2 rings (SSSR count). The van der Waals surface area contributed by atoms with Crippen molar-refractivity contribution < 1.29 is 22.7 Å². The predicted octanol–water partition coefficient (Wildman–Crippen LogP) is 3.53. The SMILES string of the molecule is NC(=O)Cc1ccccc1Oc1cccc(C(F)(F)F)c1. The van der Waals surface area contributed by atoms with E-state index in [4.69, 9.17) is 10.5 Å². The van der Waals surface area contributed by atoms with Crippen LogP contribution in [0.25, 0.3) is 0 Å². The third-order valence-electron chi connectivity index (χ3n) is 2.73. The first-order chi connectivity index (χ1) is 9.86. The summed E-state index contributed by atoms with van der Waals surface area (Å²) in [6.45, 7) is 0. The number of nitrogens with two attached hydrogens (primary N) is 1. The number of benzene rings is 2. The predicted molar refractivity (Wildman–Crippen MR) is 70.9 cm³/mol. The van der Waals surface area contributed by atoms with Gasteiger partial charge in [0.25, 0.3) is 0 Å². The number of carbonyl (C=O) groups is 1. The van der Waals surface area contributed by atoms with Gasteiger partial charge in [-0.1, -0.05) is 24.3 Å². The zero-order valence-corrected chi connectivity index (χ0v) is 10.9. The molecule has 0 heterocycles. The van der Waals surface area contributed by atoms with E-state index in [0.29, 0.717) is 11.3 Å². The first-order valence-electron chi connectivity index (χ1n) is 6.07. The molecule has 0 bridgehead atoms. The molecule has 0 fully saturated rings. The average Bonchev–Trinajstić information content (AvgIpc) is 2.40. The number of primary amides is 1. The first kappa shape index (κ1) is 14.9. The highest BCUT2D eigenvalue weighted by Crippen LogP contribution is 2.33. The molecule has 0 aliphatic carbocycles. The number of hydrogen-bond donors (Lipinski definition) is 1. The van der Waals surface area contributed by atoms with Crippen molar-refractivity contribution >= 4 is 5.91 Å². The zero-order valence-electron chi connectivity index (χ0n) is 10.9. The second-order valence-corrected chi connectivity index (χ2v) is 4.38. The van der Waals surface area contributed by atoms with E-state index in [2.05, 4.69) is 0 Å². The molecule has 3 nitrogen and oxygen atoms in total. The van der Waals surface area contributed by atoms with Gasteiger partial charge >= 0.3 is 6.18 Å². The van der Waals surface area contributed by atoms with Crippen LogP contribution in [0.2, 0.25) is 0 Å². The van der Waals surface area contributed by atoms with Crippen molar-refractivity contribution in [2.24, 2.45) is 5.73 Å². The van der Waals surface area contributed by atoms with Gasteiger partial charge in [-0.2, -0.15) is 13.2 Å². The summed E-state index contributed by atoms with van der Waals surface area (Å²) in [5.41, 5.74) is 4.84. The normalized spacial score (nSPS) is 11.2. The van der Waals surface area contributed by atoms with Crippen LogP contribution >= 0.6 is 0 Å². The average molecular weight is 295 g/mol. The molecule has 2 aromatic rings. The van der Waals surface area contributed by atoms with Crippen LogP contribution < -0.4 is 10.5 Å². The summed E-state index contributed by atoms with van der Waals surface area (Å²) in [5.74, 6) is -0.201. The molecule has 2 aromatic carbocycles. The Kier molecular flexibility index (Phi) is 4.16. The lowest BCUT2D eigenvalue weighted by Gasteiger charge is -2.12. The summed E-state index contributed by atoms with van der Waals surface area (Å²) in [4.78, 5) is 11.0. The molecule has 21 heavy (non-hydrogen) atoms. The van der Waals surface area contributed by atoms with E-state index in [9.17, 15) is 18.0 Å². The molecule has 0 aromatic heterocycles. The minimum atomic E-state index is -4.44. The Hall–Kier alpha value is -2.50. The minimum Gasteiger partial charge on any atom is -0.457 e. The molecule has 0 atom stereocenters. The highest BCUT2D eigenvalue weighted by atomic mass is 19.4. The van der Waals surface area contributed by atoms with Crippen LogP contribution in [-0.2, 0) is 17.4 Å². The van der Waals surface area contributed by atoms with E-state index in [0.717, 1.165) is 12.1 Å². The van der Waals surface area contributed by atoms with Crippen molar-refractivity contribution in [2.75, 3.05) is 0 Å². The molecule has 0 saturated carbocycles. The third kappa shape index (κ3) is 3.98. The van der Waals surface area contributed by atoms with E-state index in [1.165, 1.54) is 12.1 Å². The van der Waals surface area contributed by atoms with Crippen LogP contribution in [-0.4, -0.2) is 5.91 Å². The number of rotatable bonds is 4. The molecule has 1 amide bonds. The zero-order chi connectivity index (χ0) is 15.5. The Morgan fingerprint density at radius 2 is 1.81 bits per heavy atom. The molecule has 6 heteroatoms.